The van der Waals surface area contributed by atoms with Gasteiger partial charge in [-0.2, -0.15) is 0 Å². The van der Waals surface area contributed by atoms with Crippen molar-refractivity contribution in [1.82, 2.24) is 0 Å². The molecule has 0 bridgehead atoms. The van der Waals surface area contributed by atoms with Gasteiger partial charge in [0.25, 0.3) is 0 Å². The minimum atomic E-state index is 0.0776. The van der Waals surface area contributed by atoms with Crippen LogP contribution in [0, 0.1) is 46.8 Å². The zero-order valence-electron chi connectivity index (χ0n) is 27.4. The molecule has 37 heavy (non-hydrogen) atoms. The summed E-state index contributed by atoms with van der Waals surface area (Å²) >= 11 is 0. The van der Waals surface area contributed by atoms with Gasteiger partial charge in [0.05, 0.1) is 0 Å². The monoisotopic (exact) mass is 519 g/mol. The summed E-state index contributed by atoms with van der Waals surface area (Å²) in [6, 6.07) is 0. The van der Waals surface area contributed by atoms with Crippen LogP contribution in [0.15, 0.2) is 11.1 Å². The maximum Gasteiger partial charge on any atom is 0.162 e. The molecule has 0 saturated heterocycles. The van der Waals surface area contributed by atoms with Crippen LogP contribution >= 0.6 is 0 Å². The van der Waals surface area contributed by atoms with E-state index in [9.17, 15) is 9.59 Å². The number of Topliss-reactive ketones (excluding diaryl/α,β-unsaturated/α-hetero) is 2. The Bertz CT molecular complexity index is 694. The van der Waals surface area contributed by atoms with Crippen molar-refractivity contribution in [2.75, 3.05) is 0 Å². The number of hydrogen-bond donors (Lipinski definition) is 0. The number of carbonyl (C=O) groups is 2. The van der Waals surface area contributed by atoms with Gasteiger partial charge in [-0.1, -0.05) is 107 Å². The fourth-order valence-electron chi connectivity index (χ4n) is 6.68. The summed E-state index contributed by atoms with van der Waals surface area (Å²) in [5.74, 6) is 3.87. The Morgan fingerprint density at radius 2 is 1.27 bits per heavy atom. The van der Waals surface area contributed by atoms with E-state index in [4.69, 9.17) is 0 Å². The Morgan fingerprint density at radius 1 is 0.757 bits per heavy atom. The van der Waals surface area contributed by atoms with Crippen molar-refractivity contribution in [3.8, 4) is 0 Å². The van der Waals surface area contributed by atoms with Crippen LogP contribution in [0.1, 0.15) is 154 Å². The number of hydrogen-bond acceptors (Lipinski definition) is 2. The second kappa shape index (κ2) is 17.6. The zero-order valence-corrected chi connectivity index (χ0v) is 27.4. The van der Waals surface area contributed by atoms with Gasteiger partial charge in [-0.15, -0.1) is 0 Å². The first-order valence-corrected chi connectivity index (χ1v) is 15.8. The minimum Gasteiger partial charge on any atom is -0.300 e. The van der Waals surface area contributed by atoms with E-state index in [-0.39, 0.29) is 5.92 Å². The molecule has 0 spiro atoms. The van der Waals surface area contributed by atoms with Crippen LogP contribution in [-0.2, 0) is 9.59 Å². The van der Waals surface area contributed by atoms with Crippen LogP contribution in [0.25, 0.3) is 0 Å². The highest BCUT2D eigenvalue weighted by atomic mass is 16.1. The van der Waals surface area contributed by atoms with E-state index in [1.165, 1.54) is 31.3 Å². The molecule has 0 heterocycles. The van der Waals surface area contributed by atoms with E-state index < -0.39 is 0 Å². The molecule has 0 aromatic rings. The highest BCUT2D eigenvalue weighted by Crippen LogP contribution is 2.40. The van der Waals surface area contributed by atoms with Crippen molar-refractivity contribution in [2.24, 2.45) is 46.8 Å². The standard InChI is InChI=1S/C35H66O2/c1-14-17-32(36)21-26(7)19-18-25(6)20-27(8)30(11)34(37)33(24(4)5)29(10)28(9)22-35(12,13)23-31(15-2)16-3/h24-26,28-29,31,33H,14-23H2,1-13H3/b30-27+. The maximum atomic E-state index is 13.8. The van der Waals surface area contributed by atoms with Gasteiger partial charge in [-0.3, -0.25) is 9.59 Å². The lowest BCUT2D eigenvalue weighted by Crippen LogP contribution is -2.33. The Labute approximate surface area is 233 Å². The molecule has 2 nitrogen and oxygen atoms in total. The summed E-state index contributed by atoms with van der Waals surface area (Å²) in [7, 11) is 0. The number of rotatable bonds is 20. The van der Waals surface area contributed by atoms with Crippen molar-refractivity contribution in [3.05, 3.63) is 11.1 Å². The van der Waals surface area contributed by atoms with Crippen LogP contribution < -0.4 is 0 Å². The minimum absolute atomic E-state index is 0.0776. The van der Waals surface area contributed by atoms with E-state index in [1.54, 1.807) is 0 Å². The Kier molecular flexibility index (Phi) is 17.2. The molecule has 5 atom stereocenters. The Balaban J connectivity index is 5.27. The summed E-state index contributed by atoms with van der Waals surface area (Å²) in [6.07, 6.45) is 10.5. The summed E-state index contributed by atoms with van der Waals surface area (Å²) in [4.78, 5) is 25.8. The van der Waals surface area contributed by atoms with E-state index in [0.717, 1.165) is 37.2 Å². The first-order chi connectivity index (χ1) is 17.1. The van der Waals surface area contributed by atoms with Crippen LogP contribution in [0.3, 0.4) is 0 Å². The molecule has 0 radical (unpaired) electrons. The van der Waals surface area contributed by atoms with Gasteiger partial charge in [-0.25, -0.2) is 0 Å². The van der Waals surface area contributed by atoms with E-state index >= 15 is 0 Å². The number of ketones is 2. The molecule has 0 aromatic heterocycles. The Hall–Kier alpha value is -0.920. The van der Waals surface area contributed by atoms with Crippen molar-refractivity contribution < 1.29 is 9.59 Å². The van der Waals surface area contributed by atoms with Gasteiger partial charge >= 0.3 is 0 Å². The topological polar surface area (TPSA) is 34.1 Å². The molecule has 218 valence electrons. The lowest BCUT2D eigenvalue weighted by atomic mass is 9.67. The summed E-state index contributed by atoms with van der Waals surface area (Å²) in [6.45, 7) is 29.5. The van der Waals surface area contributed by atoms with Crippen molar-refractivity contribution >= 4 is 11.6 Å². The molecule has 0 aliphatic heterocycles. The average Bonchev–Trinajstić information content (AvgIpc) is 2.80. The molecule has 0 N–H and O–H groups in total. The second-order valence-electron chi connectivity index (χ2n) is 14.1. The quantitative estimate of drug-likeness (QED) is 0.150. The summed E-state index contributed by atoms with van der Waals surface area (Å²) in [5.41, 5.74) is 2.56. The smallest absolute Gasteiger partial charge is 0.162 e. The van der Waals surface area contributed by atoms with E-state index in [1.807, 2.05) is 0 Å². The lowest BCUT2D eigenvalue weighted by molar-refractivity contribution is -0.123. The van der Waals surface area contributed by atoms with Gasteiger partial charge in [-0.05, 0) is 86.0 Å². The first kappa shape index (κ1) is 36.1. The number of allylic oxidation sites excluding steroid dienone is 2. The Morgan fingerprint density at radius 3 is 1.73 bits per heavy atom. The zero-order chi connectivity index (χ0) is 28.9. The SMILES string of the molecule is CCCC(=O)CC(C)CCC(C)C/C(C)=C(\C)C(=O)C(C(C)C)C(C)C(C)CC(C)(C)CC(CC)CC. The maximum absolute atomic E-state index is 13.8. The molecule has 0 amide bonds. The van der Waals surface area contributed by atoms with E-state index in [0.29, 0.717) is 59.4 Å². The molecule has 0 aliphatic carbocycles. The van der Waals surface area contributed by atoms with Crippen LogP contribution in [0.2, 0.25) is 0 Å². The highest BCUT2D eigenvalue weighted by Gasteiger charge is 2.35. The lowest BCUT2D eigenvalue weighted by Gasteiger charge is -2.37. The van der Waals surface area contributed by atoms with Crippen molar-refractivity contribution in [2.45, 2.75) is 154 Å². The van der Waals surface area contributed by atoms with Crippen molar-refractivity contribution in [3.63, 3.8) is 0 Å². The van der Waals surface area contributed by atoms with Crippen LogP contribution in [-0.4, -0.2) is 11.6 Å². The third-order valence-electron chi connectivity index (χ3n) is 9.28. The molecule has 2 heteroatoms. The molecule has 0 aliphatic rings. The fourth-order valence-corrected chi connectivity index (χ4v) is 6.68. The second-order valence-corrected chi connectivity index (χ2v) is 14.1. The van der Waals surface area contributed by atoms with Gasteiger partial charge in [0.15, 0.2) is 5.78 Å². The van der Waals surface area contributed by atoms with Gasteiger partial charge in [0.2, 0.25) is 0 Å². The molecule has 0 fully saturated rings. The van der Waals surface area contributed by atoms with Crippen LogP contribution in [0.5, 0.6) is 0 Å². The molecular weight excluding hydrogens is 452 g/mol. The third kappa shape index (κ3) is 13.6. The number of carbonyl (C=O) groups excluding carboxylic acids is 2. The summed E-state index contributed by atoms with van der Waals surface area (Å²) in [5, 5.41) is 0. The van der Waals surface area contributed by atoms with Crippen molar-refractivity contribution in [1.29, 1.82) is 0 Å². The summed E-state index contributed by atoms with van der Waals surface area (Å²) < 4.78 is 0. The van der Waals surface area contributed by atoms with Gasteiger partial charge in [0, 0.05) is 18.8 Å². The third-order valence-corrected chi connectivity index (χ3v) is 9.28. The molecule has 0 saturated carbocycles. The highest BCUT2D eigenvalue weighted by molar-refractivity contribution is 5.97. The fraction of sp³-hybridized carbons (Fsp3) is 0.886. The molecule has 0 aromatic carbocycles. The first-order valence-electron chi connectivity index (χ1n) is 15.8. The normalized spacial score (nSPS) is 17.4. The largest absolute Gasteiger partial charge is 0.300 e. The van der Waals surface area contributed by atoms with Gasteiger partial charge in [0.1, 0.15) is 5.78 Å². The molecular formula is C35H66O2. The van der Waals surface area contributed by atoms with E-state index in [2.05, 4.69) is 90.0 Å². The predicted molar refractivity (Wildman–Crippen MR) is 164 cm³/mol. The molecule has 0 rings (SSSR count). The van der Waals surface area contributed by atoms with Gasteiger partial charge < -0.3 is 0 Å². The van der Waals surface area contributed by atoms with Crippen LogP contribution in [0.4, 0.5) is 0 Å². The predicted octanol–water partition coefficient (Wildman–Crippen LogP) is 10.9. The average molecular weight is 519 g/mol. The molecule has 5 unspecified atom stereocenters.